The van der Waals surface area contributed by atoms with E-state index in [0.717, 1.165) is 28.4 Å². The normalized spacial score (nSPS) is 13.5. The monoisotopic (exact) mass is 442 g/mol. The van der Waals surface area contributed by atoms with E-state index in [0.29, 0.717) is 36.4 Å². The molecule has 4 rings (SSSR count). The average molecular weight is 442 g/mol. The Morgan fingerprint density at radius 2 is 1.81 bits per heavy atom. The van der Waals surface area contributed by atoms with E-state index in [1.165, 1.54) is 7.11 Å². The number of nitrogens with zero attached hydrogens (tertiary/aromatic N) is 1. The maximum atomic E-state index is 12.8. The minimum Gasteiger partial charge on any atom is -0.465 e. The van der Waals surface area contributed by atoms with Crippen LogP contribution in [0.15, 0.2) is 42.5 Å². The second kappa shape index (κ2) is 7.95. The number of carbonyl (C=O) groups is 2. The zero-order valence-corrected chi connectivity index (χ0v) is 17.9. The molecule has 0 saturated heterocycles. The van der Waals surface area contributed by atoms with Gasteiger partial charge in [-0.25, -0.2) is 18.0 Å². The van der Waals surface area contributed by atoms with Crippen LogP contribution in [0.25, 0.3) is 10.9 Å². The summed E-state index contributed by atoms with van der Waals surface area (Å²) in [5.74, 6) is -0.410. The maximum absolute atomic E-state index is 12.8. The molecule has 0 atom stereocenters. The molecule has 162 valence electrons. The number of H-pyrrole nitrogens is 1. The zero-order chi connectivity index (χ0) is 22.2. The van der Waals surface area contributed by atoms with Gasteiger partial charge in [-0.2, -0.15) is 0 Å². The first kappa shape index (κ1) is 20.7. The van der Waals surface area contributed by atoms with Gasteiger partial charge in [-0.15, -0.1) is 0 Å². The average Bonchev–Trinajstić information content (AvgIpc) is 3.11. The zero-order valence-electron chi connectivity index (χ0n) is 17.1. The van der Waals surface area contributed by atoms with Crippen molar-refractivity contribution < 1.29 is 22.7 Å². The van der Waals surface area contributed by atoms with Crippen molar-refractivity contribution in [3.63, 3.8) is 0 Å². The molecule has 10 heteroatoms. The van der Waals surface area contributed by atoms with E-state index in [1.807, 2.05) is 6.07 Å². The van der Waals surface area contributed by atoms with Crippen molar-refractivity contribution in [2.24, 2.45) is 0 Å². The maximum Gasteiger partial charge on any atom is 0.339 e. The van der Waals surface area contributed by atoms with E-state index in [1.54, 1.807) is 41.3 Å². The molecule has 0 aliphatic carbocycles. The van der Waals surface area contributed by atoms with Gasteiger partial charge in [0.1, 0.15) is 0 Å². The number of aromatic nitrogens is 1. The molecule has 3 aromatic rings. The number of urea groups is 1. The Balaban J connectivity index is 1.51. The number of nitrogens with one attached hydrogen (secondary N) is 3. The number of anilines is 2. The highest BCUT2D eigenvalue weighted by Gasteiger charge is 2.25. The molecule has 1 aliphatic heterocycles. The molecular weight excluding hydrogens is 420 g/mol. The SMILES string of the molecule is COC(=O)c1cccc2c3c([nH]c12)CCN(C(=O)Nc1ccc(NS(C)(=O)=O)cc1)C3. The number of ether oxygens (including phenoxy) is 1. The molecule has 0 fully saturated rings. The first-order chi connectivity index (χ1) is 14.7. The topological polar surface area (TPSA) is 121 Å². The third kappa shape index (κ3) is 4.33. The highest BCUT2D eigenvalue weighted by Crippen LogP contribution is 2.30. The van der Waals surface area contributed by atoms with Gasteiger partial charge in [0.15, 0.2) is 0 Å². The molecule has 1 aromatic heterocycles. The second-order valence-corrected chi connectivity index (χ2v) is 9.10. The van der Waals surface area contributed by atoms with Gasteiger partial charge >= 0.3 is 12.0 Å². The predicted molar refractivity (Wildman–Crippen MR) is 118 cm³/mol. The van der Waals surface area contributed by atoms with Gasteiger partial charge < -0.3 is 19.9 Å². The fourth-order valence-corrected chi connectivity index (χ4v) is 4.29. The van der Waals surface area contributed by atoms with Crippen LogP contribution >= 0.6 is 0 Å². The number of rotatable bonds is 4. The molecule has 2 amide bonds. The Bertz CT molecular complexity index is 1260. The van der Waals surface area contributed by atoms with E-state index >= 15 is 0 Å². The van der Waals surface area contributed by atoms with Crippen LogP contribution in [0.2, 0.25) is 0 Å². The third-order valence-electron chi connectivity index (χ3n) is 5.14. The predicted octanol–water partition coefficient (Wildman–Crippen LogP) is 2.92. The summed E-state index contributed by atoms with van der Waals surface area (Å²) < 4.78 is 29.8. The molecule has 0 radical (unpaired) electrons. The van der Waals surface area contributed by atoms with Crippen molar-refractivity contribution in [2.75, 3.05) is 29.9 Å². The highest BCUT2D eigenvalue weighted by atomic mass is 32.2. The summed E-state index contributed by atoms with van der Waals surface area (Å²) >= 11 is 0. The van der Waals surface area contributed by atoms with Crippen molar-refractivity contribution in [3.05, 3.63) is 59.3 Å². The summed E-state index contributed by atoms with van der Waals surface area (Å²) in [5, 5.41) is 3.73. The van der Waals surface area contributed by atoms with Crippen LogP contribution in [0, 0.1) is 0 Å². The smallest absolute Gasteiger partial charge is 0.339 e. The Morgan fingerprint density at radius 3 is 2.48 bits per heavy atom. The standard InChI is InChI=1S/C21H22N4O5S/c1-30-20(26)16-5-3-4-15-17-12-25(11-10-18(17)23-19(15)16)21(27)22-13-6-8-14(9-7-13)24-31(2,28)29/h3-9,23-24H,10-12H2,1-2H3,(H,22,27). The fourth-order valence-electron chi connectivity index (χ4n) is 3.73. The number of sulfonamides is 1. The van der Waals surface area contributed by atoms with Gasteiger partial charge in [0.05, 0.1) is 24.4 Å². The molecule has 1 aliphatic rings. The van der Waals surface area contributed by atoms with Gasteiger partial charge in [0.2, 0.25) is 10.0 Å². The van der Waals surface area contributed by atoms with Crippen molar-refractivity contribution in [3.8, 4) is 0 Å². The lowest BCUT2D eigenvalue weighted by Crippen LogP contribution is -2.38. The number of carbonyl (C=O) groups excluding carboxylic acids is 2. The lowest BCUT2D eigenvalue weighted by Gasteiger charge is -2.27. The Morgan fingerprint density at radius 1 is 1.10 bits per heavy atom. The number of fused-ring (bicyclic) bond motifs is 3. The summed E-state index contributed by atoms with van der Waals surface area (Å²) in [6, 6.07) is 11.6. The van der Waals surface area contributed by atoms with Crippen LogP contribution in [0.4, 0.5) is 16.2 Å². The van der Waals surface area contributed by atoms with Crippen LogP contribution in [0.3, 0.4) is 0 Å². The van der Waals surface area contributed by atoms with Gasteiger partial charge in [0, 0.05) is 47.5 Å². The number of methoxy groups -OCH3 is 1. The van der Waals surface area contributed by atoms with Crippen LogP contribution < -0.4 is 10.0 Å². The molecule has 0 spiro atoms. The molecule has 3 N–H and O–H groups in total. The second-order valence-electron chi connectivity index (χ2n) is 7.36. The summed E-state index contributed by atoms with van der Waals surface area (Å²) in [4.78, 5) is 29.9. The van der Waals surface area contributed by atoms with E-state index in [2.05, 4.69) is 15.0 Å². The number of amides is 2. The fraction of sp³-hybridized carbons (Fsp3) is 0.238. The lowest BCUT2D eigenvalue weighted by atomic mass is 10.0. The van der Waals surface area contributed by atoms with Crippen molar-refractivity contribution >= 4 is 44.3 Å². The number of esters is 1. The lowest BCUT2D eigenvalue weighted by molar-refractivity contribution is 0.0602. The summed E-state index contributed by atoms with van der Waals surface area (Å²) in [6.07, 6.45) is 1.71. The van der Waals surface area contributed by atoms with Crippen LogP contribution in [-0.4, -0.2) is 50.2 Å². The van der Waals surface area contributed by atoms with E-state index < -0.39 is 16.0 Å². The van der Waals surface area contributed by atoms with Crippen LogP contribution in [0.5, 0.6) is 0 Å². The number of aromatic amines is 1. The molecule has 0 bridgehead atoms. The molecule has 31 heavy (non-hydrogen) atoms. The molecule has 2 aromatic carbocycles. The summed E-state index contributed by atoms with van der Waals surface area (Å²) in [7, 11) is -2.01. The highest BCUT2D eigenvalue weighted by molar-refractivity contribution is 7.92. The number of hydrogen-bond acceptors (Lipinski definition) is 5. The first-order valence-corrected chi connectivity index (χ1v) is 11.5. The first-order valence-electron chi connectivity index (χ1n) is 9.59. The van der Waals surface area contributed by atoms with E-state index in [9.17, 15) is 18.0 Å². The molecule has 0 saturated carbocycles. The van der Waals surface area contributed by atoms with Crippen molar-refractivity contribution in [1.29, 1.82) is 0 Å². The van der Waals surface area contributed by atoms with Crippen LogP contribution in [0.1, 0.15) is 21.6 Å². The van der Waals surface area contributed by atoms with Gasteiger partial charge in [-0.1, -0.05) is 12.1 Å². The minimum atomic E-state index is -3.36. The van der Waals surface area contributed by atoms with Gasteiger partial charge in [-0.3, -0.25) is 4.72 Å². The Labute approximate surface area is 179 Å². The number of para-hydroxylation sites is 1. The molecule has 2 heterocycles. The molecule has 0 unspecified atom stereocenters. The van der Waals surface area contributed by atoms with E-state index in [-0.39, 0.29) is 6.03 Å². The molecule has 9 nitrogen and oxygen atoms in total. The summed E-state index contributed by atoms with van der Waals surface area (Å²) in [5.41, 5.74) is 4.15. The van der Waals surface area contributed by atoms with Crippen molar-refractivity contribution in [2.45, 2.75) is 13.0 Å². The Kier molecular flexibility index (Phi) is 5.32. The number of hydrogen-bond donors (Lipinski definition) is 3. The summed E-state index contributed by atoms with van der Waals surface area (Å²) in [6.45, 7) is 0.923. The third-order valence-corrected chi connectivity index (χ3v) is 5.75. The van der Waals surface area contributed by atoms with Crippen LogP contribution in [-0.2, 0) is 27.7 Å². The van der Waals surface area contributed by atoms with Gasteiger partial charge in [-0.05, 0) is 30.3 Å². The van der Waals surface area contributed by atoms with Crippen molar-refractivity contribution in [1.82, 2.24) is 9.88 Å². The largest absolute Gasteiger partial charge is 0.465 e. The molecular formula is C21H22N4O5S. The quantitative estimate of drug-likeness (QED) is 0.537. The minimum absolute atomic E-state index is 0.257. The van der Waals surface area contributed by atoms with Gasteiger partial charge in [0.25, 0.3) is 0 Å². The number of benzene rings is 2. The van der Waals surface area contributed by atoms with E-state index in [4.69, 9.17) is 4.74 Å². The Hall–Kier alpha value is -3.53.